The molecule has 3 N–H and O–H groups in total. The van der Waals surface area contributed by atoms with Crippen LogP contribution < -0.4 is 10.5 Å². The smallest absolute Gasteiger partial charge is 0.159 e. The van der Waals surface area contributed by atoms with Crippen LogP contribution in [0.2, 0.25) is 0 Å². The Morgan fingerprint density at radius 2 is 1.86 bits per heavy atom. The maximum atomic E-state index is 14.8. The lowest BCUT2D eigenvalue weighted by atomic mass is 10.0. The van der Waals surface area contributed by atoms with E-state index in [4.69, 9.17) is 25.4 Å². The number of pyridine rings is 3. The van der Waals surface area contributed by atoms with Gasteiger partial charge in [0.2, 0.25) is 0 Å². The fraction of sp³-hybridized carbons (Fsp3) is 0.281. The van der Waals surface area contributed by atoms with E-state index in [9.17, 15) is 4.39 Å². The molecular weight excluding hydrogens is 531 g/mol. The molecule has 0 atom stereocenters. The number of aliphatic imine (C=N–C) groups is 1. The van der Waals surface area contributed by atoms with E-state index in [1.165, 1.54) is 25.0 Å². The first kappa shape index (κ1) is 26.2. The molecule has 9 nitrogen and oxygen atoms in total. The summed E-state index contributed by atoms with van der Waals surface area (Å²) in [4.78, 5) is 29.5. The minimum absolute atomic E-state index is 0.381. The lowest BCUT2D eigenvalue weighted by Crippen LogP contribution is -2.25. The van der Waals surface area contributed by atoms with Gasteiger partial charge < -0.3 is 15.5 Å². The molecule has 0 bridgehead atoms. The zero-order valence-corrected chi connectivity index (χ0v) is 23.2. The molecule has 0 amide bonds. The number of benzene rings is 1. The van der Waals surface area contributed by atoms with Crippen molar-refractivity contribution in [3.8, 4) is 28.3 Å². The van der Waals surface area contributed by atoms with E-state index in [2.05, 4.69) is 25.9 Å². The number of hydrogen-bond acceptors (Lipinski definition) is 8. The van der Waals surface area contributed by atoms with E-state index in [1.807, 2.05) is 24.3 Å². The second-order valence-corrected chi connectivity index (χ2v) is 10.8. The molecule has 0 aliphatic carbocycles. The molecule has 2 aliphatic rings. The van der Waals surface area contributed by atoms with Crippen LogP contribution in [0, 0.1) is 5.82 Å². The Morgan fingerprint density at radius 1 is 0.952 bits per heavy atom. The number of hydrogen-bond donors (Lipinski definition) is 2. The van der Waals surface area contributed by atoms with Crippen LogP contribution in [0.4, 0.5) is 10.1 Å². The molecule has 6 heterocycles. The molecule has 4 aromatic heterocycles. The fourth-order valence-electron chi connectivity index (χ4n) is 5.72. The number of nitrogen functional groups attached to an aromatic ring is 1. The van der Waals surface area contributed by atoms with Crippen molar-refractivity contribution in [1.29, 1.82) is 0 Å². The average molecular weight is 563 g/mol. The SMILES string of the molecule is Nc1cncc(-c2ccc3c(n2)C(c2nc4c(-c5cc(F)cc(OCCN6CCCC6)c5)nccc4[nH]2)=NCCC3)c1. The first-order valence-corrected chi connectivity index (χ1v) is 14.4. The Balaban J connectivity index is 1.23. The second-order valence-electron chi connectivity index (χ2n) is 10.8. The zero-order valence-electron chi connectivity index (χ0n) is 23.2. The molecule has 2 aliphatic heterocycles. The lowest BCUT2D eigenvalue weighted by Gasteiger charge is -2.15. The molecule has 1 fully saturated rings. The van der Waals surface area contributed by atoms with Crippen molar-refractivity contribution in [2.75, 3.05) is 38.5 Å². The van der Waals surface area contributed by atoms with Crippen LogP contribution in [0.1, 0.15) is 36.3 Å². The third-order valence-corrected chi connectivity index (χ3v) is 7.78. The van der Waals surface area contributed by atoms with Gasteiger partial charge in [0.15, 0.2) is 5.82 Å². The Bertz CT molecular complexity index is 1790. The lowest BCUT2D eigenvalue weighted by molar-refractivity contribution is 0.237. The number of aromatic amines is 1. The summed E-state index contributed by atoms with van der Waals surface area (Å²) in [6.07, 6.45) is 9.28. The topological polar surface area (TPSA) is 118 Å². The van der Waals surface area contributed by atoms with E-state index in [1.54, 1.807) is 18.6 Å². The number of aromatic nitrogens is 5. The van der Waals surface area contributed by atoms with Gasteiger partial charge in [-0.25, -0.2) is 14.4 Å². The third-order valence-electron chi connectivity index (χ3n) is 7.78. The Hall–Kier alpha value is -4.70. The van der Waals surface area contributed by atoms with Gasteiger partial charge in [0.25, 0.3) is 0 Å². The van der Waals surface area contributed by atoms with Crippen LogP contribution in [0.3, 0.4) is 0 Å². The van der Waals surface area contributed by atoms with E-state index in [0.29, 0.717) is 52.9 Å². The number of fused-ring (bicyclic) bond motifs is 2. The molecule has 7 rings (SSSR count). The molecular formula is C32H31FN8O. The van der Waals surface area contributed by atoms with Gasteiger partial charge in [0, 0.05) is 48.9 Å². The minimum Gasteiger partial charge on any atom is -0.492 e. The number of aryl methyl sites for hydroxylation is 1. The zero-order chi connectivity index (χ0) is 28.5. The summed E-state index contributed by atoms with van der Waals surface area (Å²) in [5, 5.41) is 0. The highest BCUT2D eigenvalue weighted by Gasteiger charge is 2.22. The van der Waals surface area contributed by atoms with Crippen molar-refractivity contribution in [1.82, 2.24) is 29.8 Å². The summed E-state index contributed by atoms with van der Waals surface area (Å²) in [6.45, 7) is 4.18. The number of imidazole rings is 1. The highest BCUT2D eigenvalue weighted by molar-refractivity contribution is 6.12. The highest BCUT2D eigenvalue weighted by atomic mass is 19.1. The number of nitrogens with zero attached hydrogens (tertiary/aromatic N) is 6. The van der Waals surface area contributed by atoms with Crippen molar-refractivity contribution < 1.29 is 9.13 Å². The van der Waals surface area contributed by atoms with E-state index >= 15 is 0 Å². The van der Waals surface area contributed by atoms with E-state index in [0.717, 1.165) is 60.5 Å². The van der Waals surface area contributed by atoms with E-state index in [-0.39, 0.29) is 5.82 Å². The van der Waals surface area contributed by atoms with Gasteiger partial charge in [-0.3, -0.25) is 19.9 Å². The van der Waals surface area contributed by atoms with Gasteiger partial charge in [-0.15, -0.1) is 0 Å². The summed E-state index contributed by atoms with van der Waals surface area (Å²) in [5.41, 5.74) is 13.3. The fourth-order valence-corrected chi connectivity index (χ4v) is 5.72. The van der Waals surface area contributed by atoms with Crippen LogP contribution in [0.5, 0.6) is 5.75 Å². The van der Waals surface area contributed by atoms with Gasteiger partial charge in [0.05, 0.1) is 28.3 Å². The van der Waals surface area contributed by atoms with Gasteiger partial charge in [0.1, 0.15) is 29.4 Å². The summed E-state index contributed by atoms with van der Waals surface area (Å²) in [5.74, 6) is 0.693. The first-order valence-electron chi connectivity index (χ1n) is 14.4. The second kappa shape index (κ2) is 11.3. The van der Waals surface area contributed by atoms with Crippen molar-refractivity contribution in [3.63, 3.8) is 0 Å². The number of ether oxygens (including phenoxy) is 1. The summed E-state index contributed by atoms with van der Waals surface area (Å²) < 4.78 is 20.7. The number of nitrogens with two attached hydrogens (primary N) is 1. The molecule has 5 aromatic rings. The minimum atomic E-state index is -0.381. The number of nitrogens with one attached hydrogen (secondary N) is 1. The maximum absolute atomic E-state index is 14.8. The van der Waals surface area contributed by atoms with Crippen LogP contribution in [-0.2, 0) is 6.42 Å². The maximum Gasteiger partial charge on any atom is 0.159 e. The Kier molecular flexibility index (Phi) is 7.05. The quantitative estimate of drug-likeness (QED) is 0.285. The molecule has 212 valence electrons. The number of anilines is 1. The number of halogens is 1. The number of likely N-dealkylation sites (tertiary alicyclic amines) is 1. The molecule has 0 spiro atoms. The van der Waals surface area contributed by atoms with Gasteiger partial charge in [-0.2, -0.15) is 0 Å². The molecule has 0 radical (unpaired) electrons. The first-order chi connectivity index (χ1) is 20.6. The highest BCUT2D eigenvalue weighted by Crippen LogP contribution is 2.30. The summed E-state index contributed by atoms with van der Waals surface area (Å²) in [7, 11) is 0. The standard InChI is InChI=1S/C32H31FN8O/c33-23-14-21(16-25(17-23)42-13-12-41-10-1-2-11-41)28-30-27(7-9-37-28)39-32(40-30)31-29-20(4-3-8-36-31)5-6-26(38-29)22-15-24(34)19-35-18-22/h5-7,9,14-19H,1-4,8,10-13,34H2,(H,39,40). The van der Waals surface area contributed by atoms with Crippen LogP contribution >= 0.6 is 0 Å². The van der Waals surface area contributed by atoms with Crippen molar-refractivity contribution in [2.24, 2.45) is 4.99 Å². The van der Waals surface area contributed by atoms with Gasteiger partial charge in [-0.05, 0) is 74.7 Å². The summed E-state index contributed by atoms with van der Waals surface area (Å²) >= 11 is 0. The average Bonchev–Trinajstić information content (AvgIpc) is 3.62. The molecule has 1 saturated heterocycles. The predicted molar refractivity (Wildman–Crippen MR) is 161 cm³/mol. The largest absolute Gasteiger partial charge is 0.492 e. The Labute approximate surface area is 242 Å². The van der Waals surface area contributed by atoms with Crippen molar-refractivity contribution in [2.45, 2.75) is 25.7 Å². The molecule has 0 saturated carbocycles. The third kappa shape index (κ3) is 5.33. The van der Waals surface area contributed by atoms with Crippen LogP contribution in [-0.4, -0.2) is 68.3 Å². The number of H-pyrrole nitrogens is 1. The monoisotopic (exact) mass is 562 g/mol. The van der Waals surface area contributed by atoms with Crippen molar-refractivity contribution >= 4 is 22.4 Å². The van der Waals surface area contributed by atoms with E-state index < -0.39 is 0 Å². The summed E-state index contributed by atoms with van der Waals surface area (Å²) in [6, 6.07) is 12.5. The Morgan fingerprint density at radius 3 is 2.74 bits per heavy atom. The van der Waals surface area contributed by atoms with Gasteiger partial charge >= 0.3 is 0 Å². The molecule has 0 unspecified atom stereocenters. The predicted octanol–water partition coefficient (Wildman–Crippen LogP) is 5.06. The van der Waals surface area contributed by atoms with Gasteiger partial charge in [-0.1, -0.05) is 6.07 Å². The molecule has 42 heavy (non-hydrogen) atoms. The number of rotatable bonds is 7. The van der Waals surface area contributed by atoms with Crippen LogP contribution in [0.15, 0.2) is 66.0 Å². The van der Waals surface area contributed by atoms with Crippen LogP contribution in [0.25, 0.3) is 33.5 Å². The molecule has 1 aromatic carbocycles. The molecule has 10 heteroatoms. The van der Waals surface area contributed by atoms with Crippen molar-refractivity contribution in [3.05, 3.63) is 84.0 Å². The normalized spacial score (nSPS) is 15.4.